The van der Waals surface area contributed by atoms with Crippen LogP contribution in [-0.4, -0.2) is 43.9 Å². The summed E-state index contributed by atoms with van der Waals surface area (Å²) in [5.74, 6) is 0.559. The lowest BCUT2D eigenvalue weighted by Crippen LogP contribution is -2.43. The maximum absolute atomic E-state index is 13.1. The van der Waals surface area contributed by atoms with Gasteiger partial charge in [0.25, 0.3) is 11.5 Å². The number of aromatic nitrogens is 4. The molecule has 0 aromatic carbocycles. The van der Waals surface area contributed by atoms with E-state index in [0.717, 1.165) is 43.4 Å². The van der Waals surface area contributed by atoms with Crippen molar-refractivity contribution in [2.24, 2.45) is 0 Å². The van der Waals surface area contributed by atoms with Crippen molar-refractivity contribution >= 4 is 5.91 Å². The van der Waals surface area contributed by atoms with E-state index in [1.165, 1.54) is 10.7 Å². The molecular formula is C20H21N5O3. The first-order chi connectivity index (χ1) is 13.7. The first kappa shape index (κ1) is 17.0. The second kappa shape index (κ2) is 6.78. The van der Waals surface area contributed by atoms with Crippen molar-refractivity contribution in [1.29, 1.82) is 0 Å². The smallest absolute Gasteiger partial charge is 0.274 e. The zero-order valence-corrected chi connectivity index (χ0v) is 15.4. The van der Waals surface area contributed by atoms with Gasteiger partial charge in [-0.15, -0.1) is 0 Å². The van der Waals surface area contributed by atoms with E-state index in [2.05, 4.69) is 15.3 Å². The fourth-order valence-corrected chi connectivity index (χ4v) is 4.23. The summed E-state index contributed by atoms with van der Waals surface area (Å²) in [6.07, 6.45) is 6.12. The van der Waals surface area contributed by atoms with E-state index in [1.54, 1.807) is 23.3 Å². The maximum Gasteiger partial charge on any atom is 0.274 e. The zero-order chi connectivity index (χ0) is 19.1. The lowest BCUT2D eigenvalue weighted by atomic mass is 10.0. The Bertz CT molecular complexity index is 1070. The number of furan rings is 1. The van der Waals surface area contributed by atoms with Crippen LogP contribution in [0, 0.1) is 0 Å². The fourth-order valence-electron chi connectivity index (χ4n) is 4.23. The molecule has 144 valence electrons. The summed E-state index contributed by atoms with van der Waals surface area (Å²) in [6.45, 7) is 1.12. The Morgan fingerprint density at radius 1 is 1.21 bits per heavy atom. The molecule has 1 amide bonds. The van der Waals surface area contributed by atoms with Gasteiger partial charge in [-0.3, -0.25) is 14.7 Å². The van der Waals surface area contributed by atoms with Crippen LogP contribution in [0.5, 0.6) is 0 Å². The lowest BCUT2D eigenvalue weighted by molar-refractivity contribution is 0.0663. The number of amides is 1. The molecule has 1 unspecified atom stereocenters. The Balaban J connectivity index is 1.41. The number of likely N-dealkylation sites (tertiary alicyclic amines) is 1. The van der Waals surface area contributed by atoms with E-state index in [9.17, 15) is 9.59 Å². The van der Waals surface area contributed by atoms with E-state index in [0.29, 0.717) is 30.2 Å². The van der Waals surface area contributed by atoms with E-state index >= 15 is 0 Å². The lowest BCUT2D eigenvalue weighted by Gasteiger charge is -2.32. The van der Waals surface area contributed by atoms with Crippen LogP contribution in [0.15, 0.2) is 39.7 Å². The quantitative estimate of drug-likeness (QED) is 0.752. The molecule has 0 spiro atoms. The van der Waals surface area contributed by atoms with Gasteiger partial charge < -0.3 is 9.32 Å². The third kappa shape index (κ3) is 2.85. The third-order valence-corrected chi connectivity index (χ3v) is 5.64. The van der Waals surface area contributed by atoms with Crippen molar-refractivity contribution in [3.63, 3.8) is 0 Å². The summed E-state index contributed by atoms with van der Waals surface area (Å²) >= 11 is 0. The van der Waals surface area contributed by atoms with Crippen LogP contribution in [0.3, 0.4) is 0 Å². The van der Waals surface area contributed by atoms with Crippen LogP contribution in [-0.2, 0) is 12.8 Å². The zero-order valence-electron chi connectivity index (χ0n) is 15.4. The minimum Gasteiger partial charge on any atom is -0.463 e. The maximum atomic E-state index is 13.1. The Kier molecular flexibility index (Phi) is 4.11. The van der Waals surface area contributed by atoms with Crippen LogP contribution in [0.25, 0.3) is 11.5 Å². The van der Waals surface area contributed by atoms with Crippen molar-refractivity contribution in [2.75, 3.05) is 13.1 Å². The molecule has 8 heteroatoms. The molecule has 1 atom stereocenters. The summed E-state index contributed by atoms with van der Waals surface area (Å²) in [6, 6.07) is 6.61. The second-order valence-corrected chi connectivity index (χ2v) is 7.41. The molecule has 3 aromatic heterocycles. The highest BCUT2D eigenvalue weighted by atomic mass is 16.3. The number of nitrogens with one attached hydrogen (secondary N) is 1. The minimum atomic E-state index is -0.171. The van der Waals surface area contributed by atoms with E-state index in [4.69, 9.17) is 4.42 Å². The number of hydrogen-bond donors (Lipinski definition) is 1. The van der Waals surface area contributed by atoms with Crippen LogP contribution in [0.1, 0.15) is 47.1 Å². The number of piperidine rings is 1. The number of H-pyrrole nitrogens is 1. The van der Waals surface area contributed by atoms with Gasteiger partial charge >= 0.3 is 0 Å². The van der Waals surface area contributed by atoms with Gasteiger partial charge in [-0.1, -0.05) is 0 Å². The van der Waals surface area contributed by atoms with Gasteiger partial charge in [0.15, 0.2) is 11.5 Å². The average Bonchev–Trinajstić information content (AvgIpc) is 3.46. The molecule has 0 radical (unpaired) electrons. The van der Waals surface area contributed by atoms with Crippen LogP contribution in [0.4, 0.5) is 0 Å². The Morgan fingerprint density at radius 2 is 2.14 bits per heavy atom. The van der Waals surface area contributed by atoms with E-state index in [1.807, 2.05) is 6.07 Å². The number of aromatic amines is 1. The summed E-state index contributed by atoms with van der Waals surface area (Å²) in [5, 5.41) is 11.8. The van der Waals surface area contributed by atoms with Gasteiger partial charge in [0.05, 0.1) is 12.3 Å². The highest BCUT2D eigenvalue weighted by Gasteiger charge is 2.31. The molecule has 0 bridgehead atoms. The highest BCUT2D eigenvalue weighted by Crippen LogP contribution is 2.27. The first-order valence-corrected chi connectivity index (χ1v) is 9.70. The number of fused-ring (bicyclic) bond motifs is 1. The van der Waals surface area contributed by atoms with Gasteiger partial charge in [-0.25, -0.2) is 4.68 Å². The molecule has 4 heterocycles. The molecular weight excluding hydrogens is 358 g/mol. The number of carbonyl (C=O) groups excluding carboxylic acids is 1. The Labute approximate surface area is 161 Å². The van der Waals surface area contributed by atoms with Crippen LogP contribution < -0.4 is 5.56 Å². The molecule has 1 aliphatic heterocycles. The largest absolute Gasteiger partial charge is 0.463 e. The fraction of sp³-hybridized carbons (Fsp3) is 0.400. The molecule has 1 N–H and O–H groups in total. The Morgan fingerprint density at radius 3 is 3.00 bits per heavy atom. The van der Waals surface area contributed by atoms with E-state index in [-0.39, 0.29) is 17.5 Å². The number of rotatable bonds is 3. The van der Waals surface area contributed by atoms with Gasteiger partial charge in [0.2, 0.25) is 0 Å². The molecule has 1 aliphatic carbocycles. The molecule has 3 aromatic rings. The first-order valence-electron chi connectivity index (χ1n) is 9.70. The summed E-state index contributed by atoms with van der Waals surface area (Å²) in [4.78, 5) is 27.3. The van der Waals surface area contributed by atoms with Crippen molar-refractivity contribution in [2.45, 2.75) is 38.1 Å². The topological polar surface area (TPSA) is 97.0 Å². The normalized spacial score (nSPS) is 19.0. The van der Waals surface area contributed by atoms with Crippen LogP contribution in [0.2, 0.25) is 0 Å². The SMILES string of the molecule is O=C(c1n[nH]c2c1CCC2)N1CCCC(n2nc(-c3ccco3)ccc2=O)C1. The molecule has 1 saturated heterocycles. The third-order valence-electron chi connectivity index (χ3n) is 5.64. The Hall–Kier alpha value is -3.16. The number of carbonyl (C=O) groups is 1. The summed E-state index contributed by atoms with van der Waals surface area (Å²) in [5.41, 5.74) is 3.12. The molecule has 28 heavy (non-hydrogen) atoms. The van der Waals surface area contributed by atoms with Gasteiger partial charge in [0.1, 0.15) is 5.69 Å². The molecule has 0 saturated carbocycles. The van der Waals surface area contributed by atoms with Gasteiger partial charge in [-0.05, 0) is 50.3 Å². The summed E-state index contributed by atoms with van der Waals surface area (Å²) < 4.78 is 6.89. The predicted octanol–water partition coefficient (Wildman–Crippen LogP) is 2.19. The molecule has 8 nitrogen and oxygen atoms in total. The molecule has 2 aliphatic rings. The second-order valence-electron chi connectivity index (χ2n) is 7.41. The number of nitrogens with zero attached hydrogens (tertiary/aromatic N) is 4. The number of aryl methyl sites for hydroxylation is 1. The average molecular weight is 379 g/mol. The minimum absolute atomic E-state index is 0.0562. The predicted molar refractivity (Wildman–Crippen MR) is 101 cm³/mol. The molecule has 1 fully saturated rings. The van der Waals surface area contributed by atoms with Crippen LogP contribution >= 0.6 is 0 Å². The van der Waals surface area contributed by atoms with Gasteiger partial charge in [0, 0.05) is 30.4 Å². The van der Waals surface area contributed by atoms with E-state index < -0.39 is 0 Å². The van der Waals surface area contributed by atoms with Gasteiger partial charge in [-0.2, -0.15) is 10.2 Å². The number of hydrogen-bond acceptors (Lipinski definition) is 5. The van der Waals surface area contributed by atoms with Crippen molar-refractivity contribution in [3.8, 4) is 11.5 Å². The highest BCUT2D eigenvalue weighted by molar-refractivity contribution is 5.94. The standard InChI is InChI=1S/C20H21N5O3/c26-18-9-8-16(17-7-3-11-28-17)23-25(18)13-4-2-10-24(12-13)20(27)19-14-5-1-6-15(14)21-22-19/h3,7-9,11,13H,1-2,4-6,10,12H2,(H,21,22). The van der Waals surface area contributed by atoms with Crippen molar-refractivity contribution in [3.05, 3.63) is 57.8 Å². The van der Waals surface area contributed by atoms with Crippen molar-refractivity contribution in [1.82, 2.24) is 24.9 Å². The monoisotopic (exact) mass is 379 g/mol. The molecule has 5 rings (SSSR count). The summed E-state index contributed by atoms with van der Waals surface area (Å²) in [7, 11) is 0. The van der Waals surface area contributed by atoms with Crippen molar-refractivity contribution < 1.29 is 9.21 Å².